The number of anilines is 1. The molecule has 0 saturated carbocycles. The molecule has 0 radical (unpaired) electrons. The van der Waals surface area contributed by atoms with Crippen molar-refractivity contribution in [3.63, 3.8) is 0 Å². The van der Waals surface area contributed by atoms with Gasteiger partial charge in [-0.1, -0.05) is 0 Å². The molecule has 0 fully saturated rings. The maximum absolute atomic E-state index is 11.9. The molecular formula is C13H8BrN3O2. The number of carbonyl (C=O) groups is 1. The first kappa shape index (κ1) is 13.1. The summed E-state index contributed by atoms with van der Waals surface area (Å²) >= 11 is 3.27. The van der Waals surface area contributed by atoms with E-state index in [1.807, 2.05) is 6.07 Å². The third kappa shape index (κ3) is 3.09. The lowest BCUT2D eigenvalue weighted by Gasteiger charge is -2.07. The van der Waals surface area contributed by atoms with E-state index >= 15 is 0 Å². The Morgan fingerprint density at radius 1 is 1.32 bits per heavy atom. The summed E-state index contributed by atoms with van der Waals surface area (Å²) in [4.78, 5) is 25.5. The van der Waals surface area contributed by atoms with Gasteiger partial charge in [-0.15, -0.1) is 0 Å². The molecule has 94 valence electrons. The van der Waals surface area contributed by atoms with E-state index in [-0.39, 0.29) is 11.1 Å². The average Bonchev–Trinajstić information content (AvgIpc) is 2.41. The number of H-pyrrole nitrogens is 1. The van der Waals surface area contributed by atoms with Crippen molar-refractivity contribution < 1.29 is 4.79 Å². The number of amides is 1. The average molecular weight is 318 g/mol. The smallest absolute Gasteiger partial charge is 0.255 e. The van der Waals surface area contributed by atoms with E-state index in [2.05, 4.69) is 26.2 Å². The molecule has 1 aromatic heterocycles. The van der Waals surface area contributed by atoms with E-state index < -0.39 is 5.91 Å². The molecule has 19 heavy (non-hydrogen) atoms. The van der Waals surface area contributed by atoms with Crippen LogP contribution in [0.3, 0.4) is 0 Å². The highest BCUT2D eigenvalue weighted by molar-refractivity contribution is 9.10. The number of carbonyl (C=O) groups excluding carboxylic acids is 1. The summed E-state index contributed by atoms with van der Waals surface area (Å²) in [6.45, 7) is 0. The monoisotopic (exact) mass is 317 g/mol. The van der Waals surface area contributed by atoms with Crippen LogP contribution in [0.5, 0.6) is 0 Å². The van der Waals surface area contributed by atoms with Gasteiger partial charge in [-0.3, -0.25) is 9.59 Å². The predicted molar refractivity (Wildman–Crippen MR) is 73.9 cm³/mol. The topological polar surface area (TPSA) is 85.8 Å². The van der Waals surface area contributed by atoms with E-state index in [1.54, 1.807) is 18.2 Å². The van der Waals surface area contributed by atoms with Crippen LogP contribution in [-0.4, -0.2) is 10.9 Å². The third-order valence-electron chi connectivity index (χ3n) is 2.38. The molecule has 2 rings (SSSR count). The number of nitriles is 1. The molecule has 1 aromatic carbocycles. The van der Waals surface area contributed by atoms with Crippen molar-refractivity contribution in [2.24, 2.45) is 0 Å². The van der Waals surface area contributed by atoms with Crippen molar-refractivity contribution >= 4 is 27.5 Å². The molecule has 0 atom stereocenters. The highest BCUT2D eigenvalue weighted by atomic mass is 79.9. The Morgan fingerprint density at radius 3 is 2.74 bits per heavy atom. The molecular weight excluding hydrogens is 310 g/mol. The molecule has 5 nitrogen and oxygen atoms in total. The molecule has 0 bridgehead atoms. The molecule has 0 unspecified atom stereocenters. The van der Waals surface area contributed by atoms with Crippen molar-refractivity contribution in [3.05, 3.63) is 62.5 Å². The quantitative estimate of drug-likeness (QED) is 0.890. The highest BCUT2D eigenvalue weighted by Crippen LogP contribution is 2.23. The first-order valence-corrected chi connectivity index (χ1v) is 6.09. The van der Waals surface area contributed by atoms with Crippen LogP contribution in [-0.2, 0) is 0 Å². The first-order valence-electron chi connectivity index (χ1n) is 5.30. The zero-order valence-corrected chi connectivity index (χ0v) is 11.2. The number of hydrogen-bond acceptors (Lipinski definition) is 3. The maximum atomic E-state index is 11.9. The molecule has 0 spiro atoms. The van der Waals surface area contributed by atoms with Crippen LogP contribution in [0.4, 0.5) is 5.69 Å². The number of rotatable bonds is 2. The minimum absolute atomic E-state index is 0.264. The van der Waals surface area contributed by atoms with Gasteiger partial charge in [-0.25, -0.2) is 0 Å². The standard InChI is InChI=1S/C13H8BrN3O2/c14-10-5-8(7-15)1-2-11(10)17-13(19)9-3-4-16-12(18)6-9/h1-6H,(H,16,18)(H,17,19). The summed E-state index contributed by atoms with van der Waals surface area (Å²) in [6.07, 6.45) is 1.41. The second-order valence-corrected chi connectivity index (χ2v) is 4.56. The van der Waals surface area contributed by atoms with E-state index in [0.717, 1.165) is 0 Å². The van der Waals surface area contributed by atoms with Gasteiger partial charge in [0.15, 0.2) is 0 Å². The lowest BCUT2D eigenvalue weighted by molar-refractivity contribution is 0.102. The summed E-state index contributed by atoms with van der Waals surface area (Å²) in [5.74, 6) is -0.392. The fourth-order valence-electron chi connectivity index (χ4n) is 1.47. The summed E-state index contributed by atoms with van der Waals surface area (Å²) in [5.41, 5.74) is 0.942. The number of aromatic amines is 1. The van der Waals surface area contributed by atoms with E-state index in [9.17, 15) is 9.59 Å². The Morgan fingerprint density at radius 2 is 2.11 bits per heavy atom. The molecule has 0 aliphatic heterocycles. The summed E-state index contributed by atoms with van der Waals surface area (Å²) in [6, 6.07) is 9.54. The van der Waals surface area contributed by atoms with E-state index in [4.69, 9.17) is 5.26 Å². The second-order valence-electron chi connectivity index (χ2n) is 3.70. The molecule has 2 N–H and O–H groups in total. The summed E-state index contributed by atoms with van der Waals surface area (Å²) in [7, 11) is 0. The van der Waals surface area contributed by atoms with Crippen LogP contribution < -0.4 is 10.9 Å². The van der Waals surface area contributed by atoms with Gasteiger partial charge in [-0.2, -0.15) is 5.26 Å². The number of nitrogens with zero attached hydrogens (tertiary/aromatic N) is 1. The van der Waals surface area contributed by atoms with E-state index in [0.29, 0.717) is 15.7 Å². The Labute approximate surface area is 117 Å². The zero-order chi connectivity index (χ0) is 13.8. The second kappa shape index (κ2) is 5.50. The van der Waals surface area contributed by atoms with Gasteiger partial charge in [0.05, 0.1) is 17.3 Å². The van der Waals surface area contributed by atoms with Crippen LogP contribution in [0, 0.1) is 11.3 Å². The highest BCUT2D eigenvalue weighted by Gasteiger charge is 2.09. The van der Waals surface area contributed by atoms with Crippen molar-refractivity contribution in [2.45, 2.75) is 0 Å². The Balaban J connectivity index is 2.25. The van der Waals surface area contributed by atoms with Crippen molar-refractivity contribution in [2.75, 3.05) is 5.32 Å². The molecule has 1 heterocycles. The predicted octanol–water partition coefficient (Wildman–Crippen LogP) is 2.26. The van der Waals surface area contributed by atoms with Crippen LogP contribution >= 0.6 is 15.9 Å². The van der Waals surface area contributed by atoms with Crippen molar-refractivity contribution in [3.8, 4) is 6.07 Å². The molecule has 2 aromatic rings. The minimum atomic E-state index is -0.392. The van der Waals surface area contributed by atoms with Crippen LogP contribution in [0.25, 0.3) is 0 Å². The maximum Gasteiger partial charge on any atom is 0.255 e. The normalized spacial score (nSPS) is 9.68. The number of pyridine rings is 1. The van der Waals surface area contributed by atoms with Crippen LogP contribution in [0.2, 0.25) is 0 Å². The van der Waals surface area contributed by atoms with Gasteiger partial charge in [0, 0.05) is 22.3 Å². The fraction of sp³-hybridized carbons (Fsp3) is 0. The Kier molecular flexibility index (Phi) is 3.78. The van der Waals surface area contributed by atoms with Gasteiger partial charge < -0.3 is 10.3 Å². The minimum Gasteiger partial charge on any atom is -0.329 e. The van der Waals surface area contributed by atoms with Crippen molar-refractivity contribution in [1.82, 2.24) is 4.98 Å². The molecule has 6 heteroatoms. The summed E-state index contributed by atoms with van der Waals surface area (Å²) in [5, 5.41) is 11.4. The summed E-state index contributed by atoms with van der Waals surface area (Å²) < 4.78 is 0.602. The fourth-order valence-corrected chi connectivity index (χ4v) is 1.94. The number of nitrogens with one attached hydrogen (secondary N) is 2. The zero-order valence-electron chi connectivity index (χ0n) is 9.61. The van der Waals surface area contributed by atoms with E-state index in [1.165, 1.54) is 18.3 Å². The lowest BCUT2D eigenvalue weighted by atomic mass is 10.2. The Hall–Kier alpha value is -2.39. The largest absolute Gasteiger partial charge is 0.329 e. The van der Waals surface area contributed by atoms with Crippen molar-refractivity contribution in [1.29, 1.82) is 5.26 Å². The third-order valence-corrected chi connectivity index (χ3v) is 3.04. The Bertz CT molecular complexity index is 731. The number of hydrogen-bond donors (Lipinski definition) is 2. The number of benzene rings is 1. The van der Waals surface area contributed by atoms with Gasteiger partial charge in [0.1, 0.15) is 0 Å². The van der Waals surface area contributed by atoms with Gasteiger partial charge in [-0.05, 0) is 40.2 Å². The number of aromatic nitrogens is 1. The lowest BCUT2D eigenvalue weighted by Crippen LogP contribution is -2.15. The molecule has 0 aliphatic carbocycles. The number of halogens is 1. The van der Waals surface area contributed by atoms with Gasteiger partial charge >= 0.3 is 0 Å². The molecule has 0 aliphatic rings. The first-order chi connectivity index (χ1) is 9.10. The van der Waals surface area contributed by atoms with Crippen LogP contribution in [0.15, 0.2) is 45.8 Å². The molecule has 0 saturated heterocycles. The molecule has 1 amide bonds. The van der Waals surface area contributed by atoms with Crippen LogP contribution in [0.1, 0.15) is 15.9 Å². The SMILES string of the molecule is N#Cc1ccc(NC(=O)c2cc[nH]c(=O)c2)c(Br)c1. The van der Waals surface area contributed by atoms with Gasteiger partial charge in [0.25, 0.3) is 5.91 Å². The van der Waals surface area contributed by atoms with Gasteiger partial charge in [0.2, 0.25) is 5.56 Å².